The predicted octanol–water partition coefficient (Wildman–Crippen LogP) is 2.29. The Labute approximate surface area is 154 Å². The van der Waals surface area contributed by atoms with Gasteiger partial charge in [0.1, 0.15) is 11.7 Å². The van der Waals surface area contributed by atoms with Gasteiger partial charge in [-0.15, -0.1) is 11.3 Å². The van der Waals surface area contributed by atoms with Gasteiger partial charge >= 0.3 is 0 Å². The van der Waals surface area contributed by atoms with Crippen LogP contribution in [0.5, 0.6) is 0 Å². The number of piperidine rings is 1. The van der Waals surface area contributed by atoms with E-state index in [9.17, 15) is 14.9 Å². The van der Waals surface area contributed by atoms with Crippen LogP contribution in [0.2, 0.25) is 0 Å². The summed E-state index contributed by atoms with van der Waals surface area (Å²) in [6, 6.07) is 5.75. The van der Waals surface area contributed by atoms with Crippen molar-refractivity contribution in [2.24, 2.45) is 11.8 Å². The highest BCUT2D eigenvalue weighted by atomic mass is 32.1. The monoisotopic (exact) mass is 369 g/mol. The average molecular weight is 369 g/mol. The topological polar surface area (TPSA) is 102 Å². The van der Waals surface area contributed by atoms with Crippen molar-refractivity contribution >= 4 is 29.0 Å². The summed E-state index contributed by atoms with van der Waals surface area (Å²) in [5.74, 6) is -0.510. The van der Waals surface area contributed by atoms with E-state index in [-0.39, 0.29) is 11.4 Å². The lowest BCUT2D eigenvalue weighted by molar-refractivity contribution is -0.119. The molecular formula is C18H19N5O2S. The molecule has 2 aromatic heterocycles. The molecule has 0 bridgehead atoms. The van der Waals surface area contributed by atoms with Gasteiger partial charge in [-0.05, 0) is 30.2 Å². The SMILES string of the molecule is CC1CCN(c2nc3c(c(=O)[nH]2)[C@H](c2cccs2)[C@H](C#N)C(=O)N3)CC1. The van der Waals surface area contributed by atoms with Gasteiger partial charge in [0.2, 0.25) is 11.9 Å². The first-order valence-electron chi connectivity index (χ1n) is 8.71. The quantitative estimate of drug-likeness (QED) is 0.846. The van der Waals surface area contributed by atoms with Gasteiger partial charge in [-0.1, -0.05) is 13.0 Å². The molecule has 2 aliphatic rings. The molecule has 0 spiro atoms. The molecule has 7 nitrogen and oxygen atoms in total. The summed E-state index contributed by atoms with van der Waals surface area (Å²) in [5, 5.41) is 14.0. The van der Waals surface area contributed by atoms with Crippen LogP contribution in [0, 0.1) is 23.2 Å². The lowest BCUT2D eigenvalue weighted by atomic mass is 9.83. The number of amides is 1. The van der Waals surface area contributed by atoms with Crippen LogP contribution in [0.15, 0.2) is 22.3 Å². The predicted molar refractivity (Wildman–Crippen MR) is 99.4 cm³/mol. The number of H-pyrrole nitrogens is 1. The van der Waals surface area contributed by atoms with Gasteiger partial charge in [0.05, 0.1) is 17.6 Å². The number of nitrogens with zero attached hydrogens (tertiary/aromatic N) is 3. The number of anilines is 2. The van der Waals surface area contributed by atoms with Crippen LogP contribution in [0.3, 0.4) is 0 Å². The number of aromatic amines is 1. The number of carbonyl (C=O) groups excluding carboxylic acids is 1. The Kier molecular flexibility index (Phi) is 4.24. The molecule has 1 amide bonds. The van der Waals surface area contributed by atoms with Crippen molar-refractivity contribution in [2.45, 2.75) is 25.7 Å². The zero-order valence-corrected chi connectivity index (χ0v) is 15.2. The normalized spacial score (nSPS) is 23.2. The lowest BCUT2D eigenvalue weighted by Crippen LogP contribution is -2.40. The summed E-state index contributed by atoms with van der Waals surface area (Å²) in [4.78, 5) is 35.6. The Balaban J connectivity index is 1.79. The second-order valence-electron chi connectivity index (χ2n) is 6.91. The average Bonchev–Trinajstić information content (AvgIpc) is 3.15. The van der Waals surface area contributed by atoms with Crippen molar-refractivity contribution in [1.29, 1.82) is 5.26 Å². The summed E-state index contributed by atoms with van der Waals surface area (Å²) in [6.45, 7) is 3.87. The first kappa shape index (κ1) is 16.8. The molecule has 0 aromatic carbocycles. The van der Waals surface area contributed by atoms with Gasteiger partial charge in [0, 0.05) is 18.0 Å². The Morgan fingerprint density at radius 2 is 2.12 bits per heavy atom. The number of hydrogen-bond acceptors (Lipinski definition) is 6. The number of thiophene rings is 1. The van der Waals surface area contributed by atoms with E-state index in [1.54, 1.807) is 0 Å². The smallest absolute Gasteiger partial charge is 0.258 e. The van der Waals surface area contributed by atoms with Crippen molar-refractivity contribution < 1.29 is 4.79 Å². The molecule has 2 aromatic rings. The number of aromatic nitrogens is 2. The van der Waals surface area contributed by atoms with Crippen molar-refractivity contribution in [3.8, 4) is 6.07 Å². The fraction of sp³-hybridized carbons (Fsp3) is 0.444. The molecular weight excluding hydrogens is 350 g/mol. The first-order valence-corrected chi connectivity index (χ1v) is 9.59. The number of fused-ring (bicyclic) bond motifs is 1. The van der Waals surface area contributed by atoms with Gasteiger partial charge < -0.3 is 10.2 Å². The molecule has 1 fully saturated rings. The van der Waals surface area contributed by atoms with Crippen LogP contribution < -0.4 is 15.8 Å². The molecule has 2 atom stereocenters. The summed E-state index contributed by atoms with van der Waals surface area (Å²) in [7, 11) is 0. The van der Waals surface area contributed by atoms with Gasteiger partial charge in [0.15, 0.2) is 0 Å². The largest absolute Gasteiger partial charge is 0.342 e. The number of nitrogens with one attached hydrogen (secondary N) is 2. The van der Waals surface area contributed by atoms with E-state index < -0.39 is 17.7 Å². The molecule has 26 heavy (non-hydrogen) atoms. The third-order valence-electron chi connectivity index (χ3n) is 5.18. The van der Waals surface area contributed by atoms with Crippen LogP contribution in [0.25, 0.3) is 0 Å². The molecule has 0 radical (unpaired) electrons. The van der Waals surface area contributed by atoms with Gasteiger partial charge in [-0.2, -0.15) is 10.2 Å². The van der Waals surface area contributed by atoms with E-state index >= 15 is 0 Å². The van der Waals surface area contributed by atoms with Crippen molar-refractivity contribution in [3.05, 3.63) is 38.3 Å². The maximum absolute atomic E-state index is 12.9. The number of carbonyl (C=O) groups is 1. The van der Waals surface area contributed by atoms with Crippen molar-refractivity contribution in [3.63, 3.8) is 0 Å². The summed E-state index contributed by atoms with van der Waals surface area (Å²) in [6.07, 6.45) is 2.09. The van der Waals surface area contributed by atoms with E-state index in [4.69, 9.17) is 0 Å². The molecule has 134 valence electrons. The Morgan fingerprint density at radius 3 is 2.77 bits per heavy atom. The van der Waals surface area contributed by atoms with Crippen LogP contribution in [0.4, 0.5) is 11.8 Å². The zero-order chi connectivity index (χ0) is 18.3. The lowest BCUT2D eigenvalue weighted by Gasteiger charge is -2.32. The Hall–Kier alpha value is -2.66. The van der Waals surface area contributed by atoms with Crippen molar-refractivity contribution in [1.82, 2.24) is 9.97 Å². The minimum atomic E-state index is -0.939. The van der Waals surface area contributed by atoms with E-state index in [0.717, 1.165) is 30.8 Å². The molecule has 4 heterocycles. The van der Waals surface area contributed by atoms with Gasteiger partial charge in [-0.25, -0.2) is 0 Å². The zero-order valence-electron chi connectivity index (χ0n) is 14.4. The standard InChI is InChI=1S/C18H19N5O2S/c1-10-4-6-23(7-5-10)18-21-15-14(17(25)22-18)13(12-3-2-8-26-12)11(9-19)16(24)20-15/h2-3,8,10-11,13H,4-7H2,1H3,(H2,20,21,22,24,25)/t11-,13-/m0/s1. The second kappa shape index (κ2) is 6.57. The Morgan fingerprint density at radius 1 is 1.35 bits per heavy atom. The first-order chi connectivity index (χ1) is 12.6. The maximum atomic E-state index is 12.9. The summed E-state index contributed by atoms with van der Waals surface area (Å²) in [5.41, 5.74) is 0.0787. The van der Waals surface area contributed by atoms with Crippen LogP contribution in [-0.2, 0) is 4.79 Å². The number of rotatable bonds is 2. The number of nitriles is 1. The molecule has 2 N–H and O–H groups in total. The van der Waals surface area contributed by atoms with Crippen LogP contribution >= 0.6 is 11.3 Å². The fourth-order valence-electron chi connectivity index (χ4n) is 3.64. The molecule has 1 saturated heterocycles. The molecule has 4 rings (SSSR count). The third kappa shape index (κ3) is 2.78. The maximum Gasteiger partial charge on any atom is 0.258 e. The molecule has 0 unspecified atom stereocenters. The van der Waals surface area contributed by atoms with Gasteiger partial charge in [0.25, 0.3) is 5.56 Å². The van der Waals surface area contributed by atoms with Crippen LogP contribution in [-0.4, -0.2) is 29.0 Å². The molecule has 0 aliphatic carbocycles. The van der Waals surface area contributed by atoms with E-state index in [2.05, 4.69) is 22.2 Å². The second-order valence-corrected chi connectivity index (χ2v) is 7.89. The van der Waals surface area contributed by atoms with Gasteiger partial charge in [-0.3, -0.25) is 14.6 Å². The van der Waals surface area contributed by atoms with Crippen LogP contribution in [0.1, 0.15) is 36.1 Å². The minimum Gasteiger partial charge on any atom is -0.342 e. The highest BCUT2D eigenvalue weighted by Gasteiger charge is 2.41. The minimum absolute atomic E-state index is 0.275. The highest BCUT2D eigenvalue weighted by molar-refractivity contribution is 7.10. The number of hydrogen-bond donors (Lipinski definition) is 2. The molecule has 2 aliphatic heterocycles. The fourth-order valence-corrected chi connectivity index (χ4v) is 4.52. The Bertz CT molecular complexity index is 922. The summed E-state index contributed by atoms with van der Waals surface area (Å²) >= 11 is 1.43. The van der Waals surface area contributed by atoms with E-state index in [0.29, 0.717) is 17.4 Å². The molecule has 0 saturated carbocycles. The van der Waals surface area contributed by atoms with E-state index in [1.807, 2.05) is 28.5 Å². The third-order valence-corrected chi connectivity index (χ3v) is 6.14. The summed E-state index contributed by atoms with van der Waals surface area (Å²) < 4.78 is 0. The highest BCUT2D eigenvalue weighted by Crippen LogP contribution is 2.40. The van der Waals surface area contributed by atoms with E-state index in [1.165, 1.54) is 11.3 Å². The van der Waals surface area contributed by atoms with Crippen molar-refractivity contribution in [2.75, 3.05) is 23.3 Å². The molecule has 8 heteroatoms.